The van der Waals surface area contributed by atoms with E-state index in [0.29, 0.717) is 0 Å². The lowest BCUT2D eigenvalue weighted by atomic mass is 9.85. The van der Waals surface area contributed by atoms with E-state index in [1.54, 1.807) is 0 Å². The summed E-state index contributed by atoms with van der Waals surface area (Å²) in [4.78, 5) is 55.7. The van der Waals surface area contributed by atoms with Crippen molar-refractivity contribution >= 4 is 24.2 Å². The third-order valence-corrected chi connectivity index (χ3v) is 12.4. The van der Waals surface area contributed by atoms with Gasteiger partial charge in [-0.2, -0.15) is 19.2 Å². The Morgan fingerprint density at radius 3 is 1.76 bits per heavy atom. The van der Waals surface area contributed by atoms with Crippen molar-refractivity contribution in [3.05, 3.63) is 12.2 Å². The highest BCUT2D eigenvalue weighted by Crippen LogP contribution is 2.49. The van der Waals surface area contributed by atoms with E-state index in [-0.39, 0.29) is 95.1 Å². The van der Waals surface area contributed by atoms with Gasteiger partial charge in [0.25, 0.3) is 0 Å². The second-order valence-electron chi connectivity index (χ2n) is 16.6. The molecule has 7 rings (SSSR count). The van der Waals surface area contributed by atoms with Crippen molar-refractivity contribution in [1.82, 2.24) is 0 Å². The molecule has 0 radical (unpaired) electrons. The van der Waals surface area contributed by atoms with Gasteiger partial charge < -0.3 is 52.8 Å². The Balaban J connectivity index is 0.000000373. The largest absolute Gasteiger partial charge is 0.462 e. The third kappa shape index (κ3) is 14.3. The first-order chi connectivity index (χ1) is 28.8. The molecule has 2 unspecified atom stereocenters. The highest BCUT2D eigenvalue weighted by atomic mass is 16.8. The number of fused-ring (bicyclic) bond motifs is 4. The van der Waals surface area contributed by atoms with Gasteiger partial charge in [-0.25, -0.2) is 0 Å². The average Bonchev–Trinajstić information content (AvgIpc) is 3.79. The molecule has 0 bridgehead atoms. The van der Waals surface area contributed by atoms with E-state index in [1.165, 1.54) is 26.7 Å². The highest BCUT2D eigenvalue weighted by Gasteiger charge is 2.61. The maximum Gasteiger partial charge on any atom is 0.373 e. The van der Waals surface area contributed by atoms with Crippen molar-refractivity contribution < 1.29 is 81.6 Å². The molecular formula is C45H74O17. The first-order valence-corrected chi connectivity index (χ1v) is 21.7. The number of hydrogen-bond acceptors (Lipinski definition) is 17. The summed E-state index contributed by atoms with van der Waals surface area (Å²) in [5.41, 5.74) is 0. The van der Waals surface area contributed by atoms with Crippen molar-refractivity contribution in [3.63, 3.8) is 0 Å². The zero-order chi connectivity index (χ0) is 43.9. The fourth-order valence-corrected chi connectivity index (χ4v) is 9.65. The lowest BCUT2D eigenvalue weighted by Gasteiger charge is -2.47. The van der Waals surface area contributed by atoms with Crippen molar-refractivity contribution in [2.24, 2.45) is 5.92 Å². The van der Waals surface area contributed by atoms with E-state index < -0.39 is 47.9 Å². The van der Waals surface area contributed by atoms with Gasteiger partial charge in [0.1, 0.15) is 49.3 Å². The standard InChI is InChI=1S/C23H36O7.C18H30O6.2CO2.2CH4/c1-5-6-8-11-18-15(2)20-22(30-23(29-20)12-9-7-10-13-23)21(28-18)19(27-17(4)25)14-26-16(3)24;1-2-11-6-7-13-15(21-11)17-16(14(22-13)12(20)10-19)23-18(24-17)8-4-3-5-9-18;2*2-1-3;;/h6,8,15,18-22H,5,7,9-14H2,1-4H3;11-17,19-20H,2-10H2,1H3;;;2*1H4/b8-6+;;;;;/t15-,18-,19+,20-,21-,22?;11-,12+,13-,14-,15-,16?,17-;;;;/m00..../s1. The van der Waals surface area contributed by atoms with Crippen LogP contribution in [0.4, 0.5) is 0 Å². The SMILES string of the molecule is C.C.CC/C=C/C[C@@H]1O[C@@H]([C@@H](COC(C)=O)OC(C)=O)C2OC3(CCCCC3)O[C@H]2[C@H]1C.CC[C@H]1CC[C@@H]2O[C@@H]([C@H](O)CO)C3OC4(CCCCC4)O[C@H]3[C@H]2O1.O=C=O.O=C=O. The van der Waals surface area contributed by atoms with Crippen molar-refractivity contribution in [1.29, 1.82) is 0 Å². The molecule has 17 nitrogen and oxygen atoms in total. The van der Waals surface area contributed by atoms with Crippen LogP contribution in [0.25, 0.3) is 0 Å². The lowest BCUT2D eigenvalue weighted by Crippen LogP contribution is -2.62. The molecule has 2 saturated carbocycles. The smallest absolute Gasteiger partial charge is 0.373 e. The summed E-state index contributed by atoms with van der Waals surface area (Å²) in [6, 6.07) is 0. The van der Waals surface area contributed by atoms with Gasteiger partial charge in [-0.15, -0.1) is 0 Å². The Hall–Kier alpha value is -2.92. The summed E-state index contributed by atoms with van der Waals surface area (Å²) in [5, 5.41) is 19.7. The minimum Gasteiger partial charge on any atom is -0.462 e. The van der Waals surface area contributed by atoms with Gasteiger partial charge in [0.2, 0.25) is 0 Å². The van der Waals surface area contributed by atoms with E-state index in [2.05, 4.69) is 32.9 Å². The number of aliphatic hydroxyl groups excluding tert-OH is 2. The lowest BCUT2D eigenvalue weighted by molar-refractivity contribution is -0.255. The normalized spacial score (nSPS) is 34.3. The molecule has 0 aromatic carbocycles. The summed E-state index contributed by atoms with van der Waals surface area (Å²) in [6.45, 7) is 8.65. The Morgan fingerprint density at radius 1 is 0.726 bits per heavy atom. The molecule has 13 atom stereocenters. The zero-order valence-electron chi connectivity index (χ0n) is 35.7. The second-order valence-corrected chi connectivity index (χ2v) is 16.6. The topological polar surface area (TPSA) is 226 Å². The number of esters is 2. The maximum atomic E-state index is 11.8. The number of allylic oxidation sites excluding steroid dienone is 1. The Bertz CT molecular complexity index is 1420. The summed E-state index contributed by atoms with van der Waals surface area (Å²) in [5.74, 6) is -1.88. The van der Waals surface area contributed by atoms with Gasteiger partial charge in [0.15, 0.2) is 17.7 Å². The molecule has 5 heterocycles. The van der Waals surface area contributed by atoms with Crippen LogP contribution in [0.3, 0.4) is 0 Å². The van der Waals surface area contributed by atoms with Crippen LogP contribution in [0, 0.1) is 5.92 Å². The minimum atomic E-state index is -0.954. The number of carbonyl (C=O) groups is 2. The average molecular weight is 887 g/mol. The summed E-state index contributed by atoms with van der Waals surface area (Å²) in [6.07, 6.45) is 15.5. The minimum absolute atomic E-state index is 0. The molecule has 17 heteroatoms. The van der Waals surface area contributed by atoms with Crippen molar-refractivity contribution in [3.8, 4) is 0 Å². The number of hydrogen-bond donors (Lipinski definition) is 2. The Kier molecular flexibility index (Phi) is 23.8. The fraction of sp³-hybridized carbons (Fsp3) is 0.867. The van der Waals surface area contributed by atoms with Gasteiger partial charge in [-0.3, -0.25) is 9.59 Å². The Morgan fingerprint density at radius 2 is 1.26 bits per heavy atom. The summed E-state index contributed by atoms with van der Waals surface area (Å²) in [7, 11) is 0. The molecule has 7 fully saturated rings. The second kappa shape index (κ2) is 26.8. The summed E-state index contributed by atoms with van der Waals surface area (Å²) >= 11 is 0. The van der Waals surface area contributed by atoms with Crippen LogP contribution in [0.2, 0.25) is 0 Å². The van der Waals surface area contributed by atoms with Gasteiger partial charge >= 0.3 is 24.2 Å². The van der Waals surface area contributed by atoms with E-state index >= 15 is 0 Å². The van der Waals surface area contributed by atoms with Gasteiger partial charge in [-0.1, -0.05) is 60.6 Å². The van der Waals surface area contributed by atoms with E-state index in [4.69, 9.17) is 61.8 Å². The molecule has 0 aromatic heterocycles. The van der Waals surface area contributed by atoms with Crippen molar-refractivity contribution in [2.45, 2.75) is 231 Å². The predicted molar refractivity (Wildman–Crippen MR) is 219 cm³/mol. The molecule has 7 aliphatic rings. The third-order valence-electron chi connectivity index (χ3n) is 12.4. The Labute approximate surface area is 367 Å². The van der Waals surface area contributed by atoms with Gasteiger partial charge in [0.05, 0.1) is 31.0 Å². The van der Waals surface area contributed by atoms with E-state index in [9.17, 15) is 19.8 Å². The van der Waals surface area contributed by atoms with Crippen LogP contribution in [-0.2, 0) is 71.4 Å². The molecule has 62 heavy (non-hydrogen) atoms. The quantitative estimate of drug-likeness (QED) is 0.210. The fourth-order valence-electron chi connectivity index (χ4n) is 9.65. The van der Waals surface area contributed by atoms with E-state index in [1.807, 2.05) is 0 Å². The number of carbonyl (C=O) groups excluding carboxylic acids is 6. The van der Waals surface area contributed by atoms with Crippen LogP contribution in [-0.4, -0.2) is 132 Å². The monoisotopic (exact) mass is 886 g/mol. The number of ether oxygens (including phenoxy) is 9. The first-order valence-electron chi connectivity index (χ1n) is 21.7. The zero-order valence-corrected chi connectivity index (χ0v) is 35.7. The molecule has 2 aliphatic carbocycles. The number of aliphatic hydroxyl groups is 2. The van der Waals surface area contributed by atoms with Crippen LogP contribution < -0.4 is 0 Å². The predicted octanol–water partition coefficient (Wildman–Crippen LogP) is 5.30. The van der Waals surface area contributed by atoms with Crippen molar-refractivity contribution in [2.75, 3.05) is 13.2 Å². The van der Waals surface area contributed by atoms with Crippen LogP contribution in [0.15, 0.2) is 12.2 Å². The van der Waals surface area contributed by atoms with Crippen LogP contribution in [0.1, 0.15) is 146 Å². The molecular weight excluding hydrogens is 812 g/mol. The van der Waals surface area contributed by atoms with E-state index in [0.717, 1.165) is 83.5 Å². The summed E-state index contributed by atoms with van der Waals surface area (Å²) < 4.78 is 55.5. The molecule has 0 aromatic rings. The number of rotatable bonds is 10. The molecule has 2 N–H and O–H groups in total. The van der Waals surface area contributed by atoms with Gasteiger partial charge in [-0.05, 0) is 57.8 Å². The molecule has 0 amide bonds. The maximum absolute atomic E-state index is 11.8. The van der Waals surface area contributed by atoms with Gasteiger partial charge in [0, 0.05) is 45.4 Å². The highest BCUT2D eigenvalue weighted by molar-refractivity contribution is 5.67. The van der Waals surface area contributed by atoms with Crippen LogP contribution >= 0.6 is 0 Å². The molecule has 2 spiro atoms. The molecule has 356 valence electrons. The molecule has 5 saturated heterocycles. The van der Waals surface area contributed by atoms with Crippen LogP contribution in [0.5, 0.6) is 0 Å². The first kappa shape index (κ1) is 55.2. The molecule has 5 aliphatic heterocycles.